The maximum Gasteiger partial charge on any atom is 0.340 e. The Morgan fingerprint density at radius 3 is 2.41 bits per heavy atom. The molecule has 0 bridgehead atoms. The molecule has 22 heavy (non-hydrogen) atoms. The van der Waals surface area contributed by atoms with E-state index in [4.69, 9.17) is 27.9 Å². The predicted molar refractivity (Wildman–Crippen MR) is 86.5 cm³/mol. The van der Waals surface area contributed by atoms with Gasteiger partial charge in [-0.1, -0.05) is 29.3 Å². The van der Waals surface area contributed by atoms with Crippen LogP contribution in [0.15, 0.2) is 35.0 Å². The first-order valence-electron chi connectivity index (χ1n) is 6.69. The Labute approximate surface area is 138 Å². The molecular weight excluding hydrogens is 325 g/mol. The fraction of sp³-hybridized carbons (Fsp3) is 0.250. The van der Waals surface area contributed by atoms with Gasteiger partial charge in [0.05, 0.1) is 18.3 Å². The van der Waals surface area contributed by atoms with E-state index in [2.05, 4.69) is 0 Å². The summed E-state index contributed by atoms with van der Waals surface area (Å²) in [5, 5.41) is 0.814. The highest BCUT2D eigenvalue weighted by Crippen LogP contribution is 2.34. The number of ether oxygens (including phenoxy) is 1. The van der Waals surface area contributed by atoms with Gasteiger partial charge in [-0.05, 0) is 32.1 Å². The highest BCUT2D eigenvalue weighted by molar-refractivity contribution is 6.37. The van der Waals surface area contributed by atoms with E-state index in [1.807, 2.05) is 6.92 Å². The van der Waals surface area contributed by atoms with Gasteiger partial charge in [-0.25, -0.2) is 4.79 Å². The number of carbonyl (C=O) groups excluding carboxylic acids is 2. The second-order valence-corrected chi connectivity index (χ2v) is 5.51. The average molecular weight is 340 g/mol. The van der Waals surface area contributed by atoms with Gasteiger partial charge in [0.1, 0.15) is 0 Å². The van der Waals surface area contributed by atoms with E-state index in [1.165, 1.54) is 12.0 Å². The number of rotatable bonds is 3. The minimum atomic E-state index is -0.559. The number of allylic oxidation sites excluding steroid dienone is 1. The number of methoxy groups -OCH3 is 1. The van der Waals surface area contributed by atoms with E-state index < -0.39 is 5.97 Å². The Kier molecular flexibility index (Phi) is 4.94. The Morgan fingerprint density at radius 1 is 1.32 bits per heavy atom. The van der Waals surface area contributed by atoms with E-state index >= 15 is 0 Å². The number of halogens is 2. The van der Waals surface area contributed by atoms with Crippen molar-refractivity contribution in [1.29, 1.82) is 0 Å². The summed E-state index contributed by atoms with van der Waals surface area (Å²) >= 11 is 12.3. The maximum absolute atomic E-state index is 12.5. The molecule has 6 heteroatoms. The van der Waals surface area contributed by atoms with Crippen molar-refractivity contribution in [2.75, 3.05) is 13.7 Å². The minimum absolute atomic E-state index is 0.237. The minimum Gasteiger partial charge on any atom is -0.465 e. The molecule has 1 aromatic carbocycles. The fourth-order valence-electron chi connectivity index (χ4n) is 2.40. The van der Waals surface area contributed by atoms with E-state index in [0.717, 1.165) is 0 Å². The number of esters is 1. The van der Waals surface area contributed by atoms with Crippen LogP contribution in [-0.4, -0.2) is 30.4 Å². The zero-order valence-corrected chi connectivity index (χ0v) is 14.0. The molecule has 0 unspecified atom stereocenters. The molecule has 1 aromatic rings. The first-order chi connectivity index (χ1) is 10.4. The molecule has 4 nitrogen and oxygen atoms in total. The maximum atomic E-state index is 12.5. The SMILES string of the molecule is CCN1C(=O)/C(=C\c2c(Cl)cccc2Cl)C(C(=O)OC)=C1C. The molecule has 0 radical (unpaired) electrons. The molecule has 1 amide bonds. The van der Waals surface area contributed by atoms with Crippen LogP contribution in [-0.2, 0) is 14.3 Å². The Morgan fingerprint density at radius 2 is 1.91 bits per heavy atom. The molecule has 1 aliphatic rings. The summed E-state index contributed by atoms with van der Waals surface area (Å²) in [6.07, 6.45) is 1.54. The molecule has 0 aliphatic carbocycles. The average Bonchev–Trinajstić information content (AvgIpc) is 2.72. The van der Waals surface area contributed by atoms with Gasteiger partial charge in [0.2, 0.25) is 0 Å². The zero-order chi connectivity index (χ0) is 16.4. The molecule has 1 aliphatic heterocycles. The van der Waals surface area contributed by atoms with E-state index in [-0.39, 0.29) is 17.1 Å². The van der Waals surface area contributed by atoms with Crippen molar-refractivity contribution in [2.45, 2.75) is 13.8 Å². The summed E-state index contributed by atoms with van der Waals surface area (Å²) < 4.78 is 4.79. The van der Waals surface area contributed by atoms with Crippen molar-refractivity contribution in [2.24, 2.45) is 0 Å². The lowest BCUT2D eigenvalue weighted by Gasteiger charge is -2.14. The predicted octanol–water partition coefficient (Wildman–Crippen LogP) is 3.69. The zero-order valence-electron chi connectivity index (χ0n) is 12.4. The largest absolute Gasteiger partial charge is 0.465 e. The molecule has 0 aromatic heterocycles. The van der Waals surface area contributed by atoms with Gasteiger partial charge in [-0.15, -0.1) is 0 Å². The third kappa shape index (κ3) is 2.76. The monoisotopic (exact) mass is 339 g/mol. The Hall–Kier alpha value is -1.78. The van der Waals surface area contributed by atoms with Gasteiger partial charge in [0.25, 0.3) is 5.91 Å². The molecule has 1 heterocycles. The van der Waals surface area contributed by atoms with E-state index in [9.17, 15) is 9.59 Å². The summed E-state index contributed by atoms with van der Waals surface area (Å²) in [6.45, 7) is 4.00. The number of amides is 1. The number of nitrogens with zero attached hydrogens (tertiary/aromatic N) is 1. The van der Waals surface area contributed by atoms with E-state index in [1.54, 1.807) is 31.2 Å². The van der Waals surface area contributed by atoms with Gasteiger partial charge < -0.3 is 9.64 Å². The van der Waals surface area contributed by atoms with Crippen LogP contribution >= 0.6 is 23.2 Å². The molecule has 116 valence electrons. The van der Waals surface area contributed by atoms with Crippen LogP contribution in [0.25, 0.3) is 6.08 Å². The number of benzene rings is 1. The summed E-state index contributed by atoms with van der Waals surface area (Å²) in [7, 11) is 1.28. The van der Waals surface area contributed by atoms with Crippen LogP contribution in [0.4, 0.5) is 0 Å². The van der Waals surface area contributed by atoms with Crippen LogP contribution in [0.3, 0.4) is 0 Å². The first kappa shape index (κ1) is 16.6. The first-order valence-corrected chi connectivity index (χ1v) is 7.45. The number of likely N-dealkylation sites (N-methyl/N-ethyl adjacent to an activating group) is 1. The summed E-state index contributed by atoms with van der Waals surface area (Å²) in [6, 6.07) is 5.06. The van der Waals surface area contributed by atoms with E-state index in [0.29, 0.717) is 27.9 Å². The van der Waals surface area contributed by atoms with Crippen molar-refractivity contribution in [1.82, 2.24) is 4.90 Å². The van der Waals surface area contributed by atoms with Crippen LogP contribution in [0.1, 0.15) is 19.4 Å². The molecular formula is C16H15Cl2NO3. The smallest absolute Gasteiger partial charge is 0.340 e. The van der Waals surface area contributed by atoms with Crippen molar-refractivity contribution < 1.29 is 14.3 Å². The van der Waals surface area contributed by atoms with Gasteiger partial charge in [0.15, 0.2) is 0 Å². The van der Waals surface area contributed by atoms with Gasteiger partial charge in [-0.3, -0.25) is 4.79 Å². The lowest BCUT2D eigenvalue weighted by Crippen LogP contribution is -2.24. The Bertz CT molecular complexity index is 687. The van der Waals surface area contributed by atoms with Crippen molar-refractivity contribution in [3.63, 3.8) is 0 Å². The van der Waals surface area contributed by atoms with Crippen molar-refractivity contribution >= 4 is 41.2 Å². The third-order valence-electron chi connectivity index (χ3n) is 3.51. The van der Waals surface area contributed by atoms with Gasteiger partial charge in [-0.2, -0.15) is 0 Å². The summed E-state index contributed by atoms with van der Waals surface area (Å²) in [5.74, 6) is -0.826. The van der Waals surface area contributed by atoms with Crippen LogP contribution in [0.2, 0.25) is 10.0 Å². The Balaban J connectivity index is 2.64. The molecule has 0 atom stereocenters. The van der Waals surface area contributed by atoms with Gasteiger partial charge in [0, 0.05) is 27.9 Å². The quantitative estimate of drug-likeness (QED) is 0.623. The van der Waals surface area contributed by atoms with Crippen LogP contribution in [0, 0.1) is 0 Å². The van der Waals surface area contributed by atoms with Crippen LogP contribution < -0.4 is 0 Å². The molecule has 2 rings (SSSR count). The topological polar surface area (TPSA) is 46.6 Å². The molecule has 0 saturated carbocycles. The molecule has 0 spiro atoms. The lowest BCUT2D eigenvalue weighted by molar-refractivity contribution is -0.136. The number of hydrogen-bond donors (Lipinski definition) is 0. The highest BCUT2D eigenvalue weighted by Gasteiger charge is 2.36. The number of hydrogen-bond acceptors (Lipinski definition) is 3. The summed E-state index contributed by atoms with van der Waals surface area (Å²) in [5.41, 5.74) is 1.54. The second kappa shape index (κ2) is 6.55. The van der Waals surface area contributed by atoms with Crippen molar-refractivity contribution in [3.05, 3.63) is 50.7 Å². The molecule has 0 saturated heterocycles. The van der Waals surface area contributed by atoms with Gasteiger partial charge >= 0.3 is 5.97 Å². The number of carbonyl (C=O) groups is 2. The van der Waals surface area contributed by atoms with Crippen molar-refractivity contribution in [3.8, 4) is 0 Å². The second-order valence-electron chi connectivity index (χ2n) is 4.69. The standard InChI is InChI=1S/C16H15Cl2NO3/c1-4-19-9(2)14(16(21)22-3)11(15(19)20)8-10-12(17)6-5-7-13(10)18/h5-8H,4H2,1-3H3/b11-8-. The lowest BCUT2D eigenvalue weighted by atomic mass is 10.0. The highest BCUT2D eigenvalue weighted by atomic mass is 35.5. The normalized spacial score (nSPS) is 16.7. The van der Waals surface area contributed by atoms with Crippen LogP contribution in [0.5, 0.6) is 0 Å². The molecule has 0 fully saturated rings. The third-order valence-corrected chi connectivity index (χ3v) is 4.16. The summed E-state index contributed by atoms with van der Waals surface area (Å²) in [4.78, 5) is 26.1. The fourth-order valence-corrected chi connectivity index (χ4v) is 2.91. The molecule has 0 N–H and O–H groups in total.